The summed E-state index contributed by atoms with van der Waals surface area (Å²) in [6.07, 6.45) is 4.44. The third kappa shape index (κ3) is 2.83. The summed E-state index contributed by atoms with van der Waals surface area (Å²) in [6.45, 7) is 4.06. The quantitative estimate of drug-likeness (QED) is 0.855. The highest BCUT2D eigenvalue weighted by molar-refractivity contribution is 7.10. The van der Waals surface area contributed by atoms with E-state index in [1.54, 1.807) is 7.05 Å². The van der Waals surface area contributed by atoms with Crippen molar-refractivity contribution in [2.75, 3.05) is 12.4 Å². The fraction of sp³-hybridized carbons (Fsp3) is 0.692. The molecule has 0 aliphatic heterocycles. The van der Waals surface area contributed by atoms with E-state index in [1.807, 2.05) is 6.92 Å². The van der Waals surface area contributed by atoms with Crippen LogP contribution in [0.25, 0.3) is 0 Å². The number of nitrogens with zero attached hydrogens (tertiary/aromatic N) is 1. The molecule has 0 saturated heterocycles. The summed E-state index contributed by atoms with van der Waals surface area (Å²) in [5.74, 6) is 0.423. The van der Waals surface area contributed by atoms with E-state index in [-0.39, 0.29) is 12.1 Å². The lowest BCUT2D eigenvalue weighted by Gasteiger charge is -2.26. The summed E-state index contributed by atoms with van der Waals surface area (Å²) in [4.78, 5) is 12.2. The lowest BCUT2D eigenvalue weighted by atomic mass is 9.89. The second kappa shape index (κ2) is 5.69. The van der Waals surface area contributed by atoms with Gasteiger partial charge in [0.15, 0.2) is 0 Å². The van der Waals surface area contributed by atoms with Crippen LogP contribution in [-0.2, 0) is 4.74 Å². The number of nitrogens with one attached hydrogen (secondary N) is 1. The smallest absolute Gasteiger partial charge is 0.343 e. The second-order valence-electron chi connectivity index (χ2n) is 5.02. The Bertz CT molecular complexity index is 431. The Kier molecular flexibility index (Phi) is 4.22. The predicted octanol–water partition coefficient (Wildman–Crippen LogP) is 3.23. The van der Waals surface area contributed by atoms with E-state index >= 15 is 0 Å². The van der Waals surface area contributed by atoms with Crippen LogP contribution in [0.15, 0.2) is 0 Å². The second-order valence-corrected chi connectivity index (χ2v) is 5.79. The largest absolute Gasteiger partial charge is 0.459 e. The van der Waals surface area contributed by atoms with Gasteiger partial charge in [-0.2, -0.15) is 4.37 Å². The first-order valence-electron chi connectivity index (χ1n) is 6.46. The van der Waals surface area contributed by atoms with Crippen molar-refractivity contribution in [1.29, 1.82) is 0 Å². The van der Waals surface area contributed by atoms with E-state index in [4.69, 9.17) is 4.74 Å². The first-order chi connectivity index (χ1) is 8.61. The number of esters is 1. The molecule has 1 aromatic rings. The summed E-state index contributed by atoms with van der Waals surface area (Å²) >= 11 is 1.31. The Hall–Kier alpha value is -1.10. The highest BCUT2D eigenvalue weighted by Gasteiger charge is 2.26. The monoisotopic (exact) mass is 268 g/mol. The molecule has 4 nitrogen and oxygen atoms in total. The minimum Gasteiger partial charge on any atom is -0.459 e. The molecule has 2 rings (SSSR count). The fourth-order valence-electron chi connectivity index (χ4n) is 2.48. The zero-order valence-corrected chi connectivity index (χ0v) is 12.0. The number of anilines is 1. The van der Waals surface area contributed by atoms with Crippen LogP contribution in [0, 0.1) is 12.8 Å². The number of carbonyl (C=O) groups is 1. The van der Waals surface area contributed by atoms with Gasteiger partial charge in [0.05, 0.1) is 5.69 Å². The molecule has 2 atom stereocenters. The minimum atomic E-state index is -0.232. The van der Waals surface area contributed by atoms with Gasteiger partial charge in [0.25, 0.3) is 0 Å². The molecular formula is C13H20N2O2S. The highest BCUT2D eigenvalue weighted by Crippen LogP contribution is 2.29. The molecule has 0 bridgehead atoms. The Labute approximate surface area is 112 Å². The van der Waals surface area contributed by atoms with Crippen LogP contribution < -0.4 is 5.32 Å². The summed E-state index contributed by atoms with van der Waals surface area (Å²) in [5, 5.41) is 3.79. The number of carbonyl (C=O) groups excluding carboxylic acids is 1. The molecule has 0 spiro atoms. The molecule has 0 amide bonds. The van der Waals surface area contributed by atoms with Crippen LogP contribution in [-0.4, -0.2) is 23.5 Å². The molecule has 1 heterocycles. The van der Waals surface area contributed by atoms with Gasteiger partial charge in [-0.25, -0.2) is 4.79 Å². The number of rotatable bonds is 3. The average molecular weight is 268 g/mol. The van der Waals surface area contributed by atoms with Crippen LogP contribution in [0.3, 0.4) is 0 Å². The van der Waals surface area contributed by atoms with Crippen molar-refractivity contribution in [2.24, 2.45) is 5.92 Å². The van der Waals surface area contributed by atoms with Crippen LogP contribution >= 0.6 is 11.5 Å². The first-order valence-corrected chi connectivity index (χ1v) is 7.24. The molecule has 2 unspecified atom stereocenters. The van der Waals surface area contributed by atoms with Gasteiger partial charge in [0, 0.05) is 7.05 Å². The normalized spacial score (nSPS) is 23.7. The van der Waals surface area contributed by atoms with Gasteiger partial charge in [0.2, 0.25) is 0 Å². The van der Waals surface area contributed by atoms with Crippen LogP contribution in [0.2, 0.25) is 0 Å². The van der Waals surface area contributed by atoms with Crippen molar-refractivity contribution in [1.82, 2.24) is 4.37 Å². The van der Waals surface area contributed by atoms with Crippen molar-refractivity contribution >= 4 is 22.5 Å². The minimum absolute atomic E-state index is 0.0743. The van der Waals surface area contributed by atoms with Crippen LogP contribution in [0.5, 0.6) is 0 Å². The summed E-state index contributed by atoms with van der Waals surface area (Å²) in [7, 11) is 1.80. The molecule has 1 aliphatic rings. The molecule has 0 radical (unpaired) electrons. The van der Waals surface area contributed by atoms with Crippen molar-refractivity contribution < 1.29 is 9.53 Å². The standard InChI is InChI=1S/C13H20N2O2S/c1-8-5-4-6-10(7-8)17-13(16)11-9(2)15-18-12(11)14-3/h8,10,14H,4-7H2,1-3H3. The van der Waals surface area contributed by atoms with E-state index in [9.17, 15) is 4.79 Å². The SMILES string of the molecule is CNc1snc(C)c1C(=O)OC1CCCC(C)C1. The van der Waals surface area contributed by atoms with Crippen molar-refractivity contribution in [3.05, 3.63) is 11.3 Å². The molecular weight excluding hydrogens is 248 g/mol. The van der Waals surface area contributed by atoms with E-state index in [1.165, 1.54) is 18.0 Å². The molecule has 5 heteroatoms. The van der Waals surface area contributed by atoms with E-state index in [0.717, 1.165) is 30.0 Å². The first kappa shape index (κ1) is 13.3. The molecule has 1 aliphatic carbocycles. The van der Waals surface area contributed by atoms with Crippen molar-refractivity contribution in [3.8, 4) is 0 Å². The lowest BCUT2D eigenvalue weighted by molar-refractivity contribution is 0.0156. The highest BCUT2D eigenvalue weighted by atomic mass is 32.1. The zero-order chi connectivity index (χ0) is 13.1. The predicted molar refractivity (Wildman–Crippen MR) is 73.2 cm³/mol. The Morgan fingerprint density at radius 1 is 1.50 bits per heavy atom. The average Bonchev–Trinajstić information content (AvgIpc) is 2.70. The van der Waals surface area contributed by atoms with Gasteiger partial charge in [-0.3, -0.25) is 0 Å². The van der Waals surface area contributed by atoms with Crippen LogP contribution in [0.1, 0.15) is 48.7 Å². The van der Waals surface area contributed by atoms with Gasteiger partial charge in [-0.1, -0.05) is 13.3 Å². The molecule has 100 valence electrons. The maximum absolute atomic E-state index is 12.2. The fourth-order valence-corrected chi connectivity index (χ4v) is 3.21. The number of aromatic nitrogens is 1. The topological polar surface area (TPSA) is 51.2 Å². The number of hydrogen-bond donors (Lipinski definition) is 1. The summed E-state index contributed by atoms with van der Waals surface area (Å²) < 4.78 is 9.81. The van der Waals surface area contributed by atoms with Crippen molar-refractivity contribution in [2.45, 2.75) is 45.6 Å². The van der Waals surface area contributed by atoms with Gasteiger partial charge >= 0.3 is 5.97 Å². The molecule has 1 fully saturated rings. The maximum atomic E-state index is 12.2. The van der Waals surface area contributed by atoms with Gasteiger partial charge in [-0.05, 0) is 43.6 Å². The van der Waals surface area contributed by atoms with Crippen LogP contribution in [0.4, 0.5) is 5.00 Å². The van der Waals surface area contributed by atoms with E-state index < -0.39 is 0 Å². The number of hydrogen-bond acceptors (Lipinski definition) is 5. The Morgan fingerprint density at radius 3 is 2.94 bits per heavy atom. The van der Waals surface area contributed by atoms with Gasteiger partial charge in [0.1, 0.15) is 16.7 Å². The number of ether oxygens (including phenoxy) is 1. The lowest BCUT2D eigenvalue weighted by Crippen LogP contribution is -2.25. The zero-order valence-electron chi connectivity index (χ0n) is 11.2. The Morgan fingerprint density at radius 2 is 2.28 bits per heavy atom. The third-order valence-electron chi connectivity index (χ3n) is 3.46. The molecule has 1 N–H and O–H groups in total. The number of aryl methyl sites for hydroxylation is 1. The van der Waals surface area contributed by atoms with E-state index in [0.29, 0.717) is 11.5 Å². The molecule has 0 aromatic carbocycles. The van der Waals surface area contributed by atoms with Gasteiger partial charge < -0.3 is 10.1 Å². The van der Waals surface area contributed by atoms with Gasteiger partial charge in [-0.15, -0.1) is 0 Å². The molecule has 1 aromatic heterocycles. The maximum Gasteiger partial charge on any atom is 0.343 e. The van der Waals surface area contributed by atoms with E-state index in [2.05, 4.69) is 16.6 Å². The molecule has 1 saturated carbocycles. The van der Waals surface area contributed by atoms with Crippen molar-refractivity contribution in [3.63, 3.8) is 0 Å². The summed E-state index contributed by atoms with van der Waals surface area (Å²) in [6, 6.07) is 0. The summed E-state index contributed by atoms with van der Waals surface area (Å²) in [5.41, 5.74) is 1.35. The molecule has 18 heavy (non-hydrogen) atoms. The Balaban J connectivity index is 2.05. The third-order valence-corrected chi connectivity index (χ3v) is 4.41.